The summed E-state index contributed by atoms with van der Waals surface area (Å²) in [7, 11) is 0. The van der Waals surface area contributed by atoms with Gasteiger partial charge >= 0.3 is 5.97 Å². The minimum atomic E-state index is -1.24. The van der Waals surface area contributed by atoms with Crippen molar-refractivity contribution in [1.29, 1.82) is 0 Å². The maximum Gasteiger partial charge on any atom is 0.341 e. The monoisotopic (exact) mass is 450 g/mol. The van der Waals surface area contributed by atoms with Gasteiger partial charge in [-0.3, -0.25) is 14.5 Å². The number of hydrogen-bond acceptors (Lipinski definition) is 4. The number of alkyl halides is 1. The molecule has 0 radical (unpaired) electrons. The van der Waals surface area contributed by atoms with Gasteiger partial charge in [-0.1, -0.05) is 30.3 Å². The summed E-state index contributed by atoms with van der Waals surface area (Å²) in [4.78, 5) is 24.2. The molecule has 7 heteroatoms. The fraction of sp³-hybridized carbons (Fsp3) is 0.280. The Morgan fingerprint density at radius 2 is 1.94 bits per heavy atom. The first-order valence-electron chi connectivity index (χ1n) is 10.5. The summed E-state index contributed by atoms with van der Waals surface area (Å²) in [5, 5.41) is 11.4. The lowest BCUT2D eigenvalue weighted by molar-refractivity contribution is 0.0694. The van der Waals surface area contributed by atoms with E-state index in [0.29, 0.717) is 18.7 Å². The summed E-state index contributed by atoms with van der Waals surface area (Å²) in [6.07, 6.45) is 2.13. The molecule has 1 aromatic heterocycles. The lowest BCUT2D eigenvalue weighted by atomic mass is 9.93. The molecule has 1 saturated heterocycles. The van der Waals surface area contributed by atoms with Crippen LogP contribution in [0.25, 0.3) is 11.3 Å². The molecule has 2 aromatic carbocycles. The van der Waals surface area contributed by atoms with Crippen LogP contribution in [0.1, 0.15) is 47.8 Å². The number of fused-ring (bicyclic) bond motifs is 6. The van der Waals surface area contributed by atoms with Crippen molar-refractivity contribution in [3.8, 4) is 17.0 Å². The van der Waals surface area contributed by atoms with Gasteiger partial charge in [0, 0.05) is 17.8 Å². The number of nitrogens with zero attached hydrogens (tertiary/aromatic N) is 2. The number of pyridine rings is 1. The van der Waals surface area contributed by atoms with Crippen molar-refractivity contribution in [1.82, 2.24) is 4.68 Å². The van der Waals surface area contributed by atoms with E-state index in [1.54, 1.807) is 4.68 Å². The first-order valence-corrected chi connectivity index (χ1v) is 10.9. The number of halogens is 1. The quantitative estimate of drug-likeness (QED) is 0.589. The van der Waals surface area contributed by atoms with Gasteiger partial charge in [0.25, 0.3) is 0 Å². The van der Waals surface area contributed by atoms with Gasteiger partial charge in [-0.25, -0.2) is 4.79 Å². The summed E-state index contributed by atoms with van der Waals surface area (Å²) in [6.45, 7) is 4.60. The largest absolute Gasteiger partial charge is 0.489 e. The van der Waals surface area contributed by atoms with E-state index in [2.05, 4.69) is 18.9 Å². The third kappa shape index (κ3) is 3.26. The molecule has 0 saturated carbocycles. The van der Waals surface area contributed by atoms with E-state index in [-0.39, 0.29) is 22.5 Å². The Labute approximate surface area is 190 Å². The molecule has 2 aliphatic heterocycles. The normalized spacial score (nSPS) is 20.3. The lowest BCUT2D eigenvalue weighted by Crippen LogP contribution is -2.50. The smallest absolute Gasteiger partial charge is 0.341 e. The number of carboxylic acid groups (broad SMARTS) is 1. The fourth-order valence-corrected chi connectivity index (χ4v) is 5.50. The summed E-state index contributed by atoms with van der Waals surface area (Å²) in [5.41, 5.74) is 2.45. The molecule has 0 bridgehead atoms. The van der Waals surface area contributed by atoms with Crippen LogP contribution in [-0.2, 0) is 6.61 Å². The number of aromatic nitrogens is 1. The van der Waals surface area contributed by atoms with E-state index in [1.807, 2.05) is 48.5 Å². The van der Waals surface area contributed by atoms with Gasteiger partial charge in [0.15, 0.2) is 5.43 Å². The second kappa shape index (κ2) is 7.41. The molecular weight excluding hydrogens is 428 g/mol. The first kappa shape index (κ1) is 20.6. The Bertz CT molecular complexity index is 1270. The van der Waals surface area contributed by atoms with Crippen LogP contribution < -0.4 is 15.2 Å². The van der Waals surface area contributed by atoms with Crippen molar-refractivity contribution in [3.05, 3.63) is 87.7 Å². The first-order chi connectivity index (χ1) is 15.3. The van der Waals surface area contributed by atoms with E-state index < -0.39 is 11.4 Å². The predicted molar refractivity (Wildman–Crippen MR) is 123 cm³/mol. The number of rotatable bonds is 4. The topological polar surface area (TPSA) is 71.8 Å². The third-order valence-corrected chi connectivity index (χ3v) is 6.67. The van der Waals surface area contributed by atoms with Crippen LogP contribution in [0.5, 0.6) is 5.75 Å². The van der Waals surface area contributed by atoms with Gasteiger partial charge in [-0.2, -0.15) is 0 Å². The van der Waals surface area contributed by atoms with Gasteiger partial charge in [-0.15, -0.1) is 11.6 Å². The van der Waals surface area contributed by atoms with Gasteiger partial charge in [0.1, 0.15) is 17.9 Å². The third-order valence-electron chi connectivity index (χ3n) is 6.28. The van der Waals surface area contributed by atoms with E-state index in [1.165, 1.54) is 12.3 Å². The van der Waals surface area contributed by atoms with Gasteiger partial charge in [0.05, 0.1) is 22.7 Å². The maximum atomic E-state index is 12.5. The number of aromatic carboxylic acids is 1. The minimum Gasteiger partial charge on any atom is -0.489 e. The van der Waals surface area contributed by atoms with E-state index in [0.717, 1.165) is 22.4 Å². The second-order valence-electron chi connectivity index (χ2n) is 8.93. The van der Waals surface area contributed by atoms with Crippen LogP contribution in [0.2, 0.25) is 0 Å². The zero-order valence-electron chi connectivity index (χ0n) is 17.8. The van der Waals surface area contributed by atoms with Gasteiger partial charge in [0.2, 0.25) is 0 Å². The summed E-state index contributed by atoms with van der Waals surface area (Å²) >= 11 is 6.85. The van der Waals surface area contributed by atoms with Crippen LogP contribution in [0.15, 0.2) is 65.6 Å². The van der Waals surface area contributed by atoms with Crippen molar-refractivity contribution < 1.29 is 14.6 Å². The zero-order chi connectivity index (χ0) is 22.6. The van der Waals surface area contributed by atoms with E-state index >= 15 is 0 Å². The fourth-order valence-electron chi connectivity index (χ4n) is 4.88. The number of hydrogen-bond donors (Lipinski definition) is 1. The van der Waals surface area contributed by atoms with Crippen LogP contribution in [0.3, 0.4) is 0 Å². The molecule has 1 fully saturated rings. The van der Waals surface area contributed by atoms with Gasteiger partial charge in [-0.05, 0) is 49.6 Å². The molecule has 2 atom stereocenters. The molecule has 1 unspecified atom stereocenters. The van der Waals surface area contributed by atoms with Crippen molar-refractivity contribution in [2.24, 2.45) is 0 Å². The average molecular weight is 451 g/mol. The SMILES string of the molecule is CC1(C)CC(Cl)[C@H]2c3cc(OCc4ccccc4)ccc3-c3cc(=O)c(C(=O)O)cn3N21. The minimum absolute atomic E-state index is 0.182. The molecule has 32 heavy (non-hydrogen) atoms. The molecule has 164 valence electrons. The van der Waals surface area contributed by atoms with Crippen LogP contribution in [0.4, 0.5) is 0 Å². The summed E-state index contributed by atoms with van der Waals surface area (Å²) in [6, 6.07) is 17.0. The highest BCUT2D eigenvalue weighted by molar-refractivity contribution is 6.21. The lowest BCUT2D eigenvalue weighted by Gasteiger charge is -2.44. The van der Waals surface area contributed by atoms with Crippen molar-refractivity contribution >= 4 is 17.6 Å². The molecule has 0 aliphatic carbocycles. The summed E-state index contributed by atoms with van der Waals surface area (Å²) in [5.74, 6) is -0.518. The van der Waals surface area contributed by atoms with Gasteiger partial charge < -0.3 is 9.84 Å². The Hall–Kier alpha value is -3.25. The Kier molecular flexibility index (Phi) is 4.78. The Morgan fingerprint density at radius 1 is 1.19 bits per heavy atom. The van der Waals surface area contributed by atoms with Crippen molar-refractivity contribution in [2.75, 3.05) is 5.01 Å². The molecule has 5 rings (SSSR count). The van der Waals surface area contributed by atoms with Crippen molar-refractivity contribution in [2.45, 2.75) is 43.8 Å². The number of carbonyl (C=O) groups is 1. The molecule has 3 heterocycles. The Morgan fingerprint density at radius 3 is 2.66 bits per heavy atom. The van der Waals surface area contributed by atoms with Crippen LogP contribution >= 0.6 is 11.6 Å². The molecule has 0 amide bonds. The standard InChI is InChI=1S/C25H23ClN2O4/c1-25(2)12-20(26)23-18-10-16(32-14-15-6-4-3-5-7-15)8-9-17(18)21-11-22(29)19(24(30)31)13-27(21)28(23)25/h3-11,13,20,23H,12,14H2,1-2H3,(H,30,31)/t20?,23-/m1/s1. The number of ether oxygens (including phenoxy) is 1. The predicted octanol–water partition coefficient (Wildman–Crippen LogP) is 4.57. The maximum absolute atomic E-state index is 12.5. The number of benzene rings is 2. The Balaban J connectivity index is 1.63. The molecule has 0 spiro atoms. The zero-order valence-corrected chi connectivity index (χ0v) is 18.5. The second-order valence-corrected chi connectivity index (χ2v) is 9.49. The summed E-state index contributed by atoms with van der Waals surface area (Å²) < 4.78 is 7.84. The average Bonchev–Trinajstić information content (AvgIpc) is 3.01. The molecule has 6 nitrogen and oxygen atoms in total. The highest BCUT2D eigenvalue weighted by Crippen LogP contribution is 2.50. The van der Waals surface area contributed by atoms with E-state index in [4.69, 9.17) is 16.3 Å². The highest BCUT2D eigenvalue weighted by atomic mass is 35.5. The highest BCUT2D eigenvalue weighted by Gasteiger charge is 2.50. The molecule has 1 N–H and O–H groups in total. The molecular formula is C25H23ClN2O4. The van der Waals surface area contributed by atoms with Crippen LogP contribution in [-0.4, -0.2) is 26.7 Å². The number of carboxylic acids is 1. The van der Waals surface area contributed by atoms with Crippen molar-refractivity contribution in [3.63, 3.8) is 0 Å². The van der Waals surface area contributed by atoms with Crippen LogP contribution in [0, 0.1) is 0 Å². The molecule has 2 aliphatic rings. The molecule has 3 aromatic rings. The van der Waals surface area contributed by atoms with E-state index in [9.17, 15) is 14.7 Å².